The standard InChI is InChI=1S/C15H16N2OS/c1-19-14-7-5-12(6-8-14)10-15(18)17-11-13-4-2-3-9-16-13/h2-9H,10-11H2,1H3,(H,17,18). The third-order valence-electron chi connectivity index (χ3n) is 2.72. The van der Waals surface area contributed by atoms with Crippen LogP contribution in [0.2, 0.25) is 0 Å². The summed E-state index contributed by atoms with van der Waals surface area (Å²) in [5.41, 5.74) is 1.89. The Morgan fingerprint density at radius 1 is 1.21 bits per heavy atom. The van der Waals surface area contributed by atoms with Crippen LogP contribution >= 0.6 is 11.8 Å². The van der Waals surface area contributed by atoms with Crippen molar-refractivity contribution in [2.75, 3.05) is 6.26 Å². The lowest BCUT2D eigenvalue weighted by molar-refractivity contribution is -0.120. The maximum atomic E-state index is 11.8. The van der Waals surface area contributed by atoms with E-state index in [0.29, 0.717) is 13.0 Å². The molecule has 98 valence electrons. The van der Waals surface area contributed by atoms with E-state index in [9.17, 15) is 4.79 Å². The summed E-state index contributed by atoms with van der Waals surface area (Å²) < 4.78 is 0. The van der Waals surface area contributed by atoms with Gasteiger partial charge in [0, 0.05) is 11.1 Å². The van der Waals surface area contributed by atoms with Gasteiger partial charge in [-0.25, -0.2) is 0 Å². The Balaban J connectivity index is 1.83. The van der Waals surface area contributed by atoms with Crippen LogP contribution in [0, 0.1) is 0 Å². The number of nitrogens with zero attached hydrogens (tertiary/aromatic N) is 1. The van der Waals surface area contributed by atoms with Gasteiger partial charge in [-0.05, 0) is 36.1 Å². The van der Waals surface area contributed by atoms with Crippen LogP contribution in [0.5, 0.6) is 0 Å². The van der Waals surface area contributed by atoms with Crippen molar-refractivity contribution in [1.29, 1.82) is 0 Å². The number of nitrogens with one attached hydrogen (secondary N) is 1. The Morgan fingerprint density at radius 2 is 2.00 bits per heavy atom. The van der Waals surface area contributed by atoms with Gasteiger partial charge >= 0.3 is 0 Å². The first-order chi connectivity index (χ1) is 9.28. The number of aromatic nitrogens is 1. The molecule has 0 aliphatic heterocycles. The zero-order chi connectivity index (χ0) is 13.5. The summed E-state index contributed by atoms with van der Waals surface area (Å²) >= 11 is 1.70. The van der Waals surface area contributed by atoms with E-state index >= 15 is 0 Å². The van der Waals surface area contributed by atoms with Crippen LogP contribution < -0.4 is 5.32 Å². The second-order valence-electron chi connectivity index (χ2n) is 4.12. The highest BCUT2D eigenvalue weighted by atomic mass is 32.2. The van der Waals surface area contributed by atoms with Crippen LogP contribution in [-0.2, 0) is 17.8 Å². The molecule has 19 heavy (non-hydrogen) atoms. The summed E-state index contributed by atoms with van der Waals surface area (Å²) in [4.78, 5) is 17.2. The number of pyridine rings is 1. The number of thioether (sulfide) groups is 1. The number of hydrogen-bond donors (Lipinski definition) is 1. The molecule has 0 saturated heterocycles. The van der Waals surface area contributed by atoms with Crippen LogP contribution in [-0.4, -0.2) is 17.1 Å². The predicted molar refractivity (Wildman–Crippen MR) is 78.0 cm³/mol. The first kappa shape index (κ1) is 13.6. The number of rotatable bonds is 5. The Hall–Kier alpha value is -1.81. The van der Waals surface area contributed by atoms with E-state index in [4.69, 9.17) is 0 Å². The molecule has 0 bridgehead atoms. The smallest absolute Gasteiger partial charge is 0.224 e. The molecule has 0 atom stereocenters. The first-order valence-corrected chi connectivity index (χ1v) is 7.30. The lowest BCUT2D eigenvalue weighted by Gasteiger charge is -2.05. The van der Waals surface area contributed by atoms with Crippen molar-refractivity contribution in [2.24, 2.45) is 0 Å². The summed E-state index contributed by atoms with van der Waals surface area (Å²) in [5.74, 6) is 0.0163. The predicted octanol–water partition coefficient (Wildman–Crippen LogP) is 2.66. The zero-order valence-electron chi connectivity index (χ0n) is 10.8. The van der Waals surface area contributed by atoms with Gasteiger partial charge in [0.2, 0.25) is 5.91 Å². The Kier molecular flexibility index (Phi) is 4.98. The largest absolute Gasteiger partial charge is 0.350 e. The van der Waals surface area contributed by atoms with Gasteiger partial charge in [0.25, 0.3) is 0 Å². The molecule has 1 N–H and O–H groups in total. The van der Waals surface area contributed by atoms with Crippen LogP contribution in [0.3, 0.4) is 0 Å². The van der Waals surface area contributed by atoms with Crippen molar-refractivity contribution < 1.29 is 4.79 Å². The highest BCUT2D eigenvalue weighted by molar-refractivity contribution is 7.98. The minimum atomic E-state index is 0.0163. The van der Waals surface area contributed by atoms with Gasteiger partial charge in [0.05, 0.1) is 18.7 Å². The number of carbonyl (C=O) groups is 1. The normalized spacial score (nSPS) is 10.2. The van der Waals surface area contributed by atoms with E-state index in [0.717, 1.165) is 11.3 Å². The molecule has 1 aromatic carbocycles. The molecule has 0 saturated carbocycles. The molecular formula is C15H16N2OS. The molecule has 0 aliphatic carbocycles. The molecule has 0 unspecified atom stereocenters. The van der Waals surface area contributed by atoms with E-state index in [2.05, 4.69) is 10.3 Å². The summed E-state index contributed by atoms with van der Waals surface area (Å²) in [6.07, 6.45) is 4.17. The monoisotopic (exact) mass is 272 g/mol. The van der Waals surface area contributed by atoms with Crippen LogP contribution in [0.4, 0.5) is 0 Å². The van der Waals surface area contributed by atoms with Gasteiger partial charge < -0.3 is 5.32 Å². The van der Waals surface area contributed by atoms with Crippen molar-refractivity contribution in [3.63, 3.8) is 0 Å². The van der Waals surface area contributed by atoms with Crippen molar-refractivity contribution in [3.8, 4) is 0 Å². The van der Waals surface area contributed by atoms with Crippen LogP contribution in [0.1, 0.15) is 11.3 Å². The Bertz CT molecular complexity index is 526. The second kappa shape index (κ2) is 6.95. The number of carbonyl (C=O) groups excluding carboxylic acids is 1. The maximum Gasteiger partial charge on any atom is 0.224 e. The van der Waals surface area contributed by atoms with Crippen molar-refractivity contribution in [2.45, 2.75) is 17.9 Å². The lowest BCUT2D eigenvalue weighted by atomic mass is 10.1. The fourth-order valence-electron chi connectivity index (χ4n) is 1.68. The summed E-state index contributed by atoms with van der Waals surface area (Å²) in [5, 5.41) is 2.87. The van der Waals surface area contributed by atoms with Gasteiger partial charge in [-0.1, -0.05) is 18.2 Å². The van der Waals surface area contributed by atoms with Crippen LogP contribution in [0.25, 0.3) is 0 Å². The fraction of sp³-hybridized carbons (Fsp3) is 0.200. The van der Waals surface area contributed by atoms with Gasteiger partial charge in [-0.3, -0.25) is 9.78 Å². The first-order valence-electron chi connectivity index (χ1n) is 6.07. The van der Waals surface area contributed by atoms with Gasteiger partial charge in [-0.15, -0.1) is 11.8 Å². The van der Waals surface area contributed by atoms with E-state index in [-0.39, 0.29) is 5.91 Å². The summed E-state index contributed by atoms with van der Waals surface area (Å²) in [6, 6.07) is 13.7. The van der Waals surface area contributed by atoms with Gasteiger partial charge in [0.15, 0.2) is 0 Å². The minimum Gasteiger partial charge on any atom is -0.350 e. The maximum absolute atomic E-state index is 11.8. The molecule has 1 amide bonds. The SMILES string of the molecule is CSc1ccc(CC(=O)NCc2ccccn2)cc1. The summed E-state index contributed by atoms with van der Waals surface area (Å²) in [6.45, 7) is 0.475. The molecule has 0 aliphatic rings. The minimum absolute atomic E-state index is 0.0163. The quantitative estimate of drug-likeness (QED) is 0.851. The molecule has 0 radical (unpaired) electrons. The Labute approximate surface area is 117 Å². The summed E-state index contributed by atoms with van der Waals surface area (Å²) in [7, 11) is 0. The fourth-order valence-corrected chi connectivity index (χ4v) is 2.09. The molecule has 0 fully saturated rings. The molecule has 3 nitrogen and oxygen atoms in total. The topological polar surface area (TPSA) is 42.0 Å². The lowest BCUT2D eigenvalue weighted by Crippen LogP contribution is -2.24. The van der Waals surface area contributed by atoms with E-state index in [1.54, 1.807) is 18.0 Å². The van der Waals surface area contributed by atoms with E-state index in [1.165, 1.54) is 4.90 Å². The number of benzene rings is 1. The molecule has 2 aromatic rings. The number of amides is 1. The van der Waals surface area contributed by atoms with Crippen molar-refractivity contribution >= 4 is 17.7 Å². The van der Waals surface area contributed by atoms with Crippen molar-refractivity contribution in [1.82, 2.24) is 10.3 Å². The third kappa shape index (κ3) is 4.41. The second-order valence-corrected chi connectivity index (χ2v) is 5.00. The average Bonchev–Trinajstić information content (AvgIpc) is 2.47. The van der Waals surface area contributed by atoms with Gasteiger partial charge in [-0.2, -0.15) is 0 Å². The van der Waals surface area contributed by atoms with Gasteiger partial charge in [0.1, 0.15) is 0 Å². The molecule has 1 heterocycles. The van der Waals surface area contributed by atoms with Crippen molar-refractivity contribution in [3.05, 3.63) is 59.9 Å². The molecule has 2 rings (SSSR count). The Morgan fingerprint density at radius 3 is 2.63 bits per heavy atom. The zero-order valence-corrected chi connectivity index (χ0v) is 11.6. The van der Waals surface area contributed by atoms with Crippen LogP contribution in [0.15, 0.2) is 53.6 Å². The van der Waals surface area contributed by atoms with E-state index < -0.39 is 0 Å². The average molecular weight is 272 g/mol. The highest BCUT2D eigenvalue weighted by Crippen LogP contribution is 2.15. The molecule has 4 heteroatoms. The van der Waals surface area contributed by atoms with E-state index in [1.807, 2.05) is 48.7 Å². The highest BCUT2D eigenvalue weighted by Gasteiger charge is 2.03. The molecular weight excluding hydrogens is 256 g/mol. The molecule has 1 aromatic heterocycles. The number of hydrogen-bond acceptors (Lipinski definition) is 3. The molecule has 0 spiro atoms. The third-order valence-corrected chi connectivity index (χ3v) is 3.46.